The monoisotopic (exact) mass is 361 g/mol. The minimum absolute atomic E-state index is 0.305. The molecule has 1 aromatic carbocycles. The lowest BCUT2D eigenvalue weighted by atomic mass is 9.72. The molecule has 2 aromatic heterocycles. The van der Waals surface area contributed by atoms with Gasteiger partial charge in [-0.3, -0.25) is 0 Å². The summed E-state index contributed by atoms with van der Waals surface area (Å²) in [5, 5.41) is 13.2. The summed E-state index contributed by atoms with van der Waals surface area (Å²) in [7, 11) is 0. The third kappa shape index (κ3) is 3.96. The molecule has 5 heteroatoms. The topological polar surface area (TPSA) is 64.1 Å². The number of aromatic nitrogens is 3. The second-order valence-electron chi connectivity index (χ2n) is 7.10. The SMILES string of the molecule is CCc1nccn1Cc1cc(C#Cc2ccc(C3CC(CO)C3)cc2)on1. The second-order valence-corrected chi connectivity index (χ2v) is 7.10. The second kappa shape index (κ2) is 7.81. The number of hydrogen-bond donors (Lipinski definition) is 1. The molecule has 1 aliphatic rings. The molecule has 1 aliphatic carbocycles. The van der Waals surface area contributed by atoms with E-state index in [1.54, 1.807) is 6.20 Å². The molecule has 0 unspecified atom stereocenters. The van der Waals surface area contributed by atoms with Crippen LogP contribution in [0.15, 0.2) is 47.2 Å². The first-order valence-electron chi connectivity index (χ1n) is 9.43. The molecule has 0 atom stereocenters. The summed E-state index contributed by atoms with van der Waals surface area (Å²) in [4.78, 5) is 4.32. The van der Waals surface area contributed by atoms with E-state index in [4.69, 9.17) is 9.63 Å². The Morgan fingerprint density at radius 3 is 2.78 bits per heavy atom. The van der Waals surface area contributed by atoms with Gasteiger partial charge in [-0.05, 0) is 48.3 Å². The molecular weight excluding hydrogens is 338 g/mol. The van der Waals surface area contributed by atoms with Gasteiger partial charge in [0.05, 0.1) is 6.54 Å². The van der Waals surface area contributed by atoms with Gasteiger partial charge in [0, 0.05) is 37.1 Å². The van der Waals surface area contributed by atoms with Gasteiger partial charge in [-0.25, -0.2) is 4.98 Å². The summed E-state index contributed by atoms with van der Waals surface area (Å²) >= 11 is 0. The predicted molar refractivity (Wildman–Crippen MR) is 102 cm³/mol. The van der Waals surface area contributed by atoms with Crippen LogP contribution in [-0.4, -0.2) is 26.4 Å². The maximum atomic E-state index is 9.14. The van der Waals surface area contributed by atoms with Gasteiger partial charge in [0.25, 0.3) is 0 Å². The van der Waals surface area contributed by atoms with Gasteiger partial charge >= 0.3 is 0 Å². The minimum Gasteiger partial charge on any atom is -0.396 e. The molecule has 0 amide bonds. The average Bonchev–Trinajstić information content (AvgIpc) is 3.29. The quantitative estimate of drug-likeness (QED) is 0.708. The Morgan fingerprint density at radius 2 is 2.04 bits per heavy atom. The smallest absolute Gasteiger partial charge is 0.210 e. The van der Waals surface area contributed by atoms with Crippen molar-refractivity contribution in [2.75, 3.05) is 6.61 Å². The Hall–Kier alpha value is -2.84. The Balaban J connectivity index is 1.39. The van der Waals surface area contributed by atoms with Gasteiger partial charge in [0.1, 0.15) is 11.5 Å². The summed E-state index contributed by atoms with van der Waals surface area (Å²) in [6, 6.07) is 10.2. The molecule has 1 N–H and O–H groups in total. The summed E-state index contributed by atoms with van der Waals surface area (Å²) < 4.78 is 7.41. The standard InChI is InChI=1S/C22H23N3O2/c1-2-22-23-9-10-25(22)14-20-13-21(27-24-20)8-5-16-3-6-18(7-4-16)19-11-17(12-19)15-26/h3-4,6-7,9-10,13,17,19,26H,2,11-12,14-15H2,1H3. The minimum atomic E-state index is 0.305. The number of aliphatic hydroxyl groups excluding tert-OH is 1. The molecule has 0 spiro atoms. The van der Waals surface area contributed by atoms with E-state index in [1.165, 1.54) is 5.56 Å². The normalized spacial score (nSPS) is 18.6. The van der Waals surface area contributed by atoms with Gasteiger partial charge in [-0.15, -0.1) is 0 Å². The fourth-order valence-corrected chi connectivity index (χ4v) is 3.55. The third-order valence-corrected chi connectivity index (χ3v) is 5.22. The molecular formula is C22H23N3O2. The molecule has 2 heterocycles. The zero-order valence-electron chi connectivity index (χ0n) is 15.4. The molecule has 0 bridgehead atoms. The average molecular weight is 361 g/mol. The highest BCUT2D eigenvalue weighted by atomic mass is 16.5. The van der Waals surface area contributed by atoms with Crippen molar-refractivity contribution in [3.8, 4) is 11.8 Å². The molecule has 1 saturated carbocycles. The first kappa shape index (κ1) is 17.6. The van der Waals surface area contributed by atoms with E-state index in [2.05, 4.69) is 45.6 Å². The number of imidazole rings is 1. The zero-order valence-corrected chi connectivity index (χ0v) is 15.4. The number of nitrogens with zero attached hydrogens (tertiary/aromatic N) is 3. The predicted octanol–water partition coefficient (Wildman–Crippen LogP) is 3.37. The maximum Gasteiger partial charge on any atom is 0.210 e. The first-order chi connectivity index (χ1) is 13.2. The first-order valence-corrected chi connectivity index (χ1v) is 9.43. The van der Waals surface area contributed by atoms with E-state index in [0.29, 0.717) is 30.7 Å². The lowest BCUT2D eigenvalue weighted by Gasteiger charge is -2.34. The van der Waals surface area contributed by atoms with Crippen LogP contribution < -0.4 is 0 Å². The highest BCUT2D eigenvalue weighted by Crippen LogP contribution is 2.41. The number of hydrogen-bond acceptors (Lipinski definition) is 4. The van der Waals surface area contributed by atoms with Crippen LogP contribution in [0.2, 0.25) is 0 Å². The van der Waals surface area contributed by atoms with Gasteiger partial charge in [0.15, 0.2) is 0 Å². The van der Waals surface area contributed by atoms with Crippen molar-refractivity contribution < 1.29 is 9.63 Å². The summed E-state index contributed by atoms with van der Waals surface area (Å²) in [5.41, 5.74) is 3.13. The van der Waals surface area contributed by atoms with Crippen molar-refractivity contribution >= 4 is 0 Å². The molecule has 1 fully saturated rings. The van der Waals surface area contributed by atoms with Crippen LogP contribution in [0, 0.1) is 17.8 Å². The van der Waals surface area contributed by atoms with Crippen molar-refractivity contribution in [2.45, 2.75) is 38.6 Å². The van der Waals surface area contributed by atoms with E-state index >= 15 is 0 Å². The van der Waals surface area contributed by atoms with E-state index in [-0.39, 0.29) is 0 Å². The van der Waals surface area contributed by atoms with Gasteiger partial charge < -0.3 is 14.2 Å². The largest absolute Gasteiger partial charge is 0.396 e. The lowest BCUT2D eigenvalue weighted by molar-refractivity contribution is 0.142. The van der Waals surface area contributed by atoms with Crippen LogP contribution in [0.3, 0.4) is 0 Å². The van der Waals surface area contributed by atoms with Crippen molar-refractivity contribution in [3.63, 3.8) is 0 Å². The van der Waals surface area contributed by atoms with Crippen molar-refractivity contribution in [1.29, 1.82) is 0 Å². The molecule has 3 aromatic rings. The van der Waals surface area contributed by atoms with Crippen LogP contribution in [0.25, 0.3) is 0 Å². The van der Waals surface area contributed by atoms with Crippen molar-refractivity contribution in [2.24, 2.45) is 5.92 Å². The van der Waals surface area contributed by atoms with Gasteiger partial charge in [-0.2, -0.15) is 0 Å². The maximum absolute atomic E-state index is 9.14. The van der Waals surface area contributed by atoms with Gasteiger partial charge in [0.2, 0.25) is 5.76 Å². The Morgan fingerprint density at radius 1 is 1.22 bits per heavy atom. The van der Waals surface area contributed by atoms with E-state index < -0.39 is 0 Å². The molecule has 5 nitrogen and oxygen atoms in total. The van der Waals surface area contributed by atoms with Crippen LogP contribution >= 0.6 is 0 Å². The van der Waals surface area contributed by atoms with Crippen LogP contribution in [0.4, 0.5) is 0 Å². The van der Waals surface area contributed by atoms with Crippen molar-refractivity contribution in [1.82, 2.24) is 14.7 Å². The fraction of sp³-hybridized carbons (Fsp3) is 0.364. The number of aliphatic hydroxyl groups is 1. The molecule has 138 valence electrons. The number of rotatable bonds is 5. The lowest BCUT2D eigenvalue weighted by Crippen LogP contribution is -2.24. The highest BCUT2D eigenvalue weighted by molar-refractivity contribution is 5.41. The third-order valence-electron chi connectivity index (χ3n) is 5.22. The summed E-state index contributed by atoms with van der Waals surface area (Å²) in [6.45, 7) is 3.03. The van der Waals surface area contributed by atoms with Gasteiger partial charge in [-0.1, -0.05) is 30.1 Å². The Bertz CT molecular complexity index is 953. The van der Waals surface area contributed by atoms with Crippen LogP contribution in [0.5, 0.6) is 0 Å². The molecule has 0 radical (unpaired) electrons. The van der Waals surface area contributed by atoms with E-state index in [0.717, 1.165) is 36.3 Å². The van der Waals surface area contributed by atoms with Crippen LogP contribution in [-0.2, 0) is 13.0 Å². The van der Waals surface area contributed by atoms with Crippen molar-refractivity contribution in [3.05, 3.63) is 71.1 Å². The number of benzene rings is 1. The summed E-state index contributed by atoms with van der Waals surface area (Å²) in [5.74, 6) is 8.84. The van der Waals surface area contributed by atoms with Crippen LogP contribution in [0.1, 0.15) is 54.1 Å². The molecule has 4 rings (SSSR count). The van der Waals surface area contributed by atoms with E-state index in [9.17, 15) is 0 Å². The zero-order chi connectivity index (χ0) is 18.6. The number of aryl methyl sites for hydroxylation is 1. The molecule has 27 heavy (non-hydrogen) atoms. The highest BCUT2D eigenvalue weighted by Gasteiger charge is 2.29. The Labute approximate surface area is 159 Å². The molecule has 0 aliphatic heterocycles. The van der Waals surface area contributed by atoms with E-state index in [1.807, 2.05) is 24.4 Å². The molecule has 0 saturated heterocycles. The fourth-order valence-electron chi connectivity index (χ4n) is 3.55. The summed E-state index contributed by atoms with van der Waals surface area (Å²) in [6.07, 6.45) is 6.80. The Kier molecular flexibility index (Phi) is 5.08.